The number of alkyl halides is 12. The van der Waals surface area contributed by atoms with Gasteiger partial charge in [0.25, 0.3) is 10.0 Å². The van der Waals surface area contributed by atoms with Crippen LogP contribution in [0.15, 0.2) is 171 Å². The molecule has 0 unspecified atom stereocenters. The Morgan fingerprint density at radius 2 is 0.763 bits per heavy atom. The van der Waals surface area contributed by atoms with Crippen LogP contribution < -0.4 is 33.5 Å². The van der Waals surface area contributed by atoms with Gasteiger partial charge >= 0.3 is 56.4 Å². The molecule has 0 amide bonds. The summed E-state index contributed by atoms with van der Waals surface area (Å²) in [5.74, 6) is -9.40. The number of phenolic OH excluding ortho intramolecular Hbond substituents is 1. The van der Waals surface area contributed by atoms with Gasteiger partial charge in [0, 0.05) is 67.0 Å². The highest BCUT2D eigenvalue weighted by molar-refractivity contribution is 9.10. The minimum atomic E-state index is -5.12. The van der Waals surface area contributed by atoms with Gasteiger partial charge in [-0.25, -0.2) is 52.8 Å². The number of aromatic hydroxyl groups is 1. The fourth-order valence-corrected chi connectivity index (χ4v) is 15.6. The van der Waals surface area contributed by atoms with Gasteiger partial charge in [0.1, 0.15) is 54.1 Å². The largest absolute Gasteiger partial charge is 0.573 e. The fourth-order valence-electron chi connectivity index (χ4n) is 9.41. The van der Waals surface area contributed by atoms with Crippen molar-refractivity contribution in [2.75, 3.05) is 46.9 Å². The number of hydrogen-bond acceptors (Lipinski definition) is 28. The summed E-state index contributed by atoms with van der Waals surface area (Å²) >= 11 is 3.02. The van der Waals surface area contributed by atoms with E-state index >= 15 is 0 Å². The van der Waals surface area contributed by atoms with Crippen LogP contribution in [0, 0.1) is 0 Å². The first-order valence-corrected chi connectivity index (χ1v) is 38.4. The Balaban J connectivity index is 0.000000238. The van der Waals surface area contributed by atoms with Gasteiger partial charge in [0.05, 0.1) is 98.1 Å². The van der Waals surface area contributed by atoms with Gasteiger partial charge < -0.3 is 57.0 Å². The quantitative estimate of drug-likeness (QED) is 0.0285. The maximum atomic E-state index is 13.2. The average molecular weight is 1770 g/mol. The van der Waals surface area contributed by atoms with Crippen molar-refractivity contribution in [3.05, 3.63) is 190 Å². The van der Waals surface area contributed by atoms with E-state index in [1.54, 1.807) is 27.7 Å². The third-order valence-electron chi connectivity index (χ3n) is 15.2. The number of sulfonamides is 1. The normalized spacial score (nSPS) is 13.5. The molecule has 8 aromatic rings. The van der Waals surface area contributed by atoms with Crippen LogP contribution in [0.25, 0.3) is 0 Å². The lowest BCUT2D eigenvalue weighted by atomic mass is 9.79. The van der Waals surface area contributed by atoms with Crippen LogP contribution in [0.3, 0.4) is 0 Å². The van der Waals surface area contributed by atoms with Crippen molar-refractivity contribution in [3.8, 4) is 34.5 Å². The molecule has 9 rings (SSSR count). The van der Waals surface area contributed by atoms with Crippen molar-refractivity contribution in [1.82, 2.24) is 19.9 Å². The second kappa shape index (κ2) is 36.7. The molecule has 0 bridgehead atoms. The van der Waals surface area contributed by atoms with Gasteiger partial charge in [-0.05, 0) is 129 Å². The minimum absolute atomic E-state index is 0.00272. The molecule has 4 aromatic heterocycles. The second-order valence-electron chi connectivity index (χ2n) is 23.9. The zero-order valence-electron chi connectivity index (χ0n) is 60.2. The van der Waals surface area contributed by atoms with Crippen LogP contribution in [0.5, 0.6) is 34.5 Å². The number of halogens is 13. The molecule has 29 nitrogen and oxygen atoms in total. The lowest BCUT2D eigenvalue weighted by Crippen LogP contribution is -2.41. The van der Waals surface area contributed by atoms with Crippen molar-refractivity contribution in [1.29, 1.82) is 0 Å². The number of phenols is 1. The topological polar surface area (TPSA) is 381 Å². The van der Waals surface area contributed by atoms with Crippen LogP contribution in [0.1, 0.15) is 85.8 Å². The molecule has 0 atom stereocenters. The first-order valence-electron chi connectivity index (χ1n) is 31.2. The number of nitrogens with zero attached hydrogens (tertiary/aromatic N) is 5. The van der Waals surface area contributed by atoms with E-state index in [0.29, 0.717) is 16.4 Å². The highest BCUT2D eigenvalue weighted by Crippen LogP contribution is 2.41. The van der Waals surface area contributed by atoms with Gasteiger partial charge in [0.2, 0.25) is 0 Å². The number of methoxy groups -OCH3 is 5. The maximum absolute atomic E-state index is 13.2. The highest BCUT2D eigenvalue weighted by atomic mass is 79.9. The van der Waals surface area contributed by atoms with E-state index in [1.807, 2.05) is 0 Å². The van der Waals surface area contributed by atoms with Gasteiger partial charge in [-0.2, -0.15) is 0 Å². The zero-order valence-corrected chi connectivity index (χ0v) is 65.0. The predicted octanol–water partition coefficient (Wildman–Crippen LogP) is 11.6. The number of benzene rings is 4. The standard InChI is InChI=1S/C21H23BF3NO7S.C16H15F3N2O6S.C15H11BrF3NO5S.C15H12F3NO6S/c1-19(2)20(3,4)33-22(32-19)15-6-7-16(31-21(23,24)25)17(9-15)34(28,29)12-13-8-14(11-26-10-13)18(27)30-5;1-21(11-6-10(8-20-9-11)15(22)26-3)28(23,24)14-7-12(25-2)4-5-13(14)27-16(17,18)19;1-24-14(21)10-4-9(6-20-7-10)8-26(22,23)13-5-11(16)2-3-12(13)25-15(17,18)19;1-24-14(21)10-4-9(6-19-7-10)8-26(22,23)13-5-11(20)2-3-12(13)25-15(16,17)18/h6-11H,12H2,1-5H3;4-9H,1-3H3;2-7H,8H2,1H3;2-7,20H,8H2,1H3. The van der Waals surface area contributed by atoms with Crippen LogP contribution >= 0.6 is 15.9 Å². The van der Waals surface area contributed by atoms with E-state index in [-0.39, 0.29) is 60.3 Å². The fraction of sp³-hybridized carbons (Fsp3) is 0.284. The molecule has 1 saturated heterocycles. The number of ether oxygens (including phenoxy) is 9. The Labute approximate surface area is 649 Å². The van der Waals surface area contributed by atoms with Crippen molar-refractivity contribution in [2.45, 2.75) is 101 Å². The molecule has 0 aliphatic carbocycles. The van der Waals surface area contributed by atoms with Crippen LogP contribution in [-0.4, -0.2) is 169 Å². The monoisotopic (exact) mass is 1770 g/mol. The summed E-state index contributed by atoms with van der Waals surface area (Å²) in [5, 5.41) is 9.44. The van der Waals surface area contributed by atoms with E-state index in [9.17, 15) is 111 Å². The van der Waals surface area contributed by atoms with Crippen molar-refractivity contribution >= 4 is 97.6 Å². The number of carbonyl (C=O) groups is 4. The van der Waals surface area contributed by atoms with E-state index in [2.05, 4.69) is 73.8 Å². The van der Waals surface area contributed by atoms with Crippen molar-refractivity contribution in [2.24, 2.45) is 0 Å². The number of hydrogen-bond donors (Lipinski definition) is 1. The number of sulfone groups is 3. The molecular formula is C67H61BBrF12N5O24S4. The summed E-state index contributed by atoms with van der Waals surface area (Å²) in [6.45, 7) is 7.14. The predicted molar refractivity (Wildman–Crippen MR) is 375 cm³/mol. The van der Waals surface area contributed by atoms with Crippen LogP contribution in [0.2, 0.25) is 0 Å². The SMILES string of the molecule is COC(=O)c1cncc(CS(=O)(=O)c2cc(B3OC(C)(C)C(C)(C)O3)ccc2OC(F)(F)F)c1.COC(=O)c1cncc(CS(=O)(=O)c2cc(Br)ccc2OC(F)(F)F)c1.COC(=O)c1cncc(CS(=O)(=O)c2cc(O)ccc2OC(F)(F)F)c1.COC(=O)c1cncc(N(C)S(=O)(=O)c2cc(OC)ccc2OC(F)(F)F)c1. The second-order valence-corrected chi connectivity index (χ2v) is 32.6. The molecular weight excluding hydrogens is 1710 g/mol. The summed E-state index contributed by atoms with van der Waals surface area (Å²) in [6, 6.07) is 16.2. The number of rotatable bonds is 22. The van der Waals surface area contributed by atoms with Crippen molar-refractivity contribution < 1.29 is 163 Å². The first kappa shape index (κ1) is 92.3. The van der Waals surface area contributed by atoms with Gasteiger partial charge in [-0.3, -0.25) is 24.2 Å². The van der Waals surface area contributed by atoms with Crippen molar-refractivity contribution in [3.63, 3.8) is 0 Å². The lowest BCUT2D eigenvalue weighted by Gasteiger charge is -2.32. The molecule has 5 heterocycles. The third-order valence-corrected chi connectivity index (χ3v) is 22.7. The summed E-state index contributed by atoms with van der Waals surface area (Å²) in [7, 11) is -11.7. The average Bonchev–Trinajstić information content (AvgIpc) is 1.53. The van der Waals surface area contributed by atoms with Gasteiger partial charge in [-0.15, -0.1) is 52.7 Å². The molecule has 1 N–H and O–H groups in total. The van der Waals surface area contributed by atoms with Gasteiger partial charge in [0.15, 0.2) is 29.5 Å². The number of carbonyl (C=O) groups excluding carboxylic acids is 4. The summed E-state index contributed by atoms with van der Waals surface area (Å²) < 4.78 is 306. The zero-order chi connectivity index (χ0) is 85.7. The molecule has 0 radical (unpaired) electrons. The summed E-state index contributed by atoms with van der Waals surface area (Å²) in [6.07, 6.45) is -11.1. The Morgan fingerprint density at radius 3 is 1.13 bits per heavy atom. The molecule has 114 heavy (non-hydrogen) atoms. The number of pyridine rings is 4. The van der Waals surface area contributed by atoms with Crippen LogP contribution in [-0.2, 0) is 85.0 Å². The number of aromatic nitrogens is 4. The molecule has 47 heteroatoms. The summed E-state index contributed by atoms with van der Waals surface area (Å²) in [5.41, 5.74) is -1.23. The van der Waals surface area contributed by atoms with E-state index < -0.39 is 173 Å². The lowest BCUT2D eigenvalue weighted by molar-refractivity contribution is -0.276. The number of esters is 4. The molecule has 4 aromatic carbocycles. The molecule has 1 aliphatic rings. The minimum Gasteiger partial charge on any atom is -0.508 e. The third kappa shape index (κ3) is 25.7. The van der Waals surface area contributed by atoms with Gasteiger partial charge in [-0.1, -0.05) is 22.0 Å². The van der Waals surface area contributed by atoms with E-state index in [4.69, 9.17) is 14.0 Å². The molecule has 0 saturated carbocycles. The Bertz CT molecular complexity index is 5170. The Hall–Kier alpha value is -10.6. The molecule has 0 spiro atoms. The number of anilines is 1. The summed E-state index contributed by atoms with van der Waals surface area (Å²) in [4.78, 5) is 58.3. The van der Waals surface area contributed by atoms with E-state index in [0.717, 1.165) is 109 Å². The molecule has 1 aliphatic heterocycles. The Kier molecular flexibility index (Phi) is 29.7. The highest BCUT2D eigenvalue weighted by Gasteiger charge is 2.52. The first-order chi connectivity index (χ1) is 52.6. The maximum Gasteiger partial charge on any atom is 0.573 e. The molecule has 1 fully saturated rings. The smallest absolute Gasteiger partial charge is 0.508 e. The van der Waals surface area contributed by atoms with E-state index in [1.165, 1.54) is 68.3 Å². The van der Waals surface area contributed by atoms with Crippen LogP contribution in [0.4, 0.5) is 58.4 Å². The Morgan fingerprint density at radius 1 is 0.439 bits per heavy atom. The molecule has 616 valence electrons.